The van der Waals surface area contributed by atoms with Crippen molar-refractivity contribution in [2.24, 2.45) is 5.84 Å². The van der Waals surface area contributed by atoms with E-state index in [1.165, 1.54) is 6.33 Å². The Balaban J connectivity index is 2.47. The molecule has 0 saturated carbocycles. The van der Waals surface area contributed by atoms with Crippen molar-refractivity contribution in [1.29, 1.82) is 0 Å². The van der Waals surface area contributed by atoms with Gasteiger partial charge >= 0.3 is 0 Å². The minimum absolute atomic E-state index is 0.457. The number of nitrogens with two attached hydrogens (primary N) is 1. The van der Waals surface area contributed by atoms with Gasteiger partial charge in [0.05, 0.1) is 0 Å². The van der Waals surface area contributed by atoms with Gasteiger partial charge < -0.3 is 0 Å². The molecule has 0 fully saturated rings. The van der Waals surface area contributed by atoms with Crippen molar-refractivity contribution in [3.63, 3.8) is 0 Å². The average molecular weight is 176 g/mol. The molecule has 66 valence electrons. The van der Waals surface area contributed by atoms with Crippen LogP contribution in [0.3, 0.4) is 0 Å². The largest absolute Gasteiger partial charge is 0.292 e. The molecular weight excluding hydrogens is 168 g/mol. The van der Waals surface area contributed by atoms with Gasteiger partial charge in [0.1, 0.15) is 12.1 Å². The second-order valence-corrected chi connectivity index (χ2v) is 2.36. The van der Waals surface area contributed by atoms with Crippen LogP contribution in [0, 0.1) is 0 Å². The summed E-state index contributed by atoms with van der Waals surface area (Å²) in [6, 6.07) is 5.55. The van der Waals surface area contributed by atoms with Gasteiger partial charge in [0.25, 0.3) is 0 Å². The minimum Gasteiger partial charge on any atom is -0.292 e. The summed E-state index contributed by atoms with van der Waals surface area (Å²) < 4.78 is 1.65. The normalized spacial score (nSPS) is 9.92. The van der Waals surface area contributed by atoms with E-state index in [2.05, 4.69) is 20.6 Å². The number of hydrogen-bond acceptors (Lipinski definition) is 5. The van der Waals surface area contributed by atoms with Gasteiger partial charge in [0, 0.05) is 6.20 Å². The lowest BCUT2D eigenvalue weighted by molar-refractivity contribution is 0.983. The van der Waals surface area contributed by atoms with E-state index < -0.39 is 0 Å². The van der Waals surface area contributed by atoms with Crippen LogP contribution < -0.4 is 11.3 Å². The highest BCUT2D eigenvalue weighted by Crippen LogP contribution is 2.07. The molecule has 0 saturated heterocycles. The second kappa shape index (κ2) is 3.20. The van der Waals surface area contributed by atoms with Gasteiger partial charge in [-0.15, -0.1) is 10.2 Å². The van der Waals surface area contributed by atoms with E-state index in [1.807, 2.05) is 18.2 Å². The molecule has 0 aliphatic heterocycles. The predicted octanol–water partition coefficient (Wildman–Crippen LogP) is -0.0521. The highest BCUT2D eigenvalue weighted by Gasteiger charge is 2.03. The van der Waals surface area contributed by atoms with Crippen molar-refractivity contribution in [1.82, 2.24) is 19.7 Å². The molecule has 13 heavy (non-hydrogen) atoms. The topological polar surface area (TPSA) is 81.6 Å². The summed E-state index contributed by atoms with van der Waals surface area (Å²) in [5, 5.41) is 7.45. The first-order valence-electron chi connectivity index (χ1n) is 3.70. The number of nitrogens with one attached hydrogen (secondary N) is 1. The third-order valence-electron chi connectivity index (χ3n) is 1.57. The first-order valence-corrected chi connectivity index (χ1v) is 3.70. The molecule has 0 bridgehead atoms. The molecule has 0 radical (unpaired) electrons. The van der Waals surface area contributed by atoms with Gasteiger partial charge in [-0.3, -0.25) is 9.99 Å². The Morgan fingerprint density at radius 1 is 1.38 bits per heavy atom. The van der Waals surface area contributed by atoms with E-state index in [-0.39, 0.29) is 0 Å². The van der Waals surface area contributed by atoms with Crippen molar-refractivity contribution in [2.75, 3.05) is 5.43 Å². The number of aromatic nitrogens is 4. The Morgan fingerprint density at radius 2 is 2.31 bits per heavy atom. The number of hydrazine groups is 1. The van der Waals surface area contributed by atoms with Crippen LogP contribution in [0.5, 0.6) is 0 Å². The fourth-order valence-corrected chi connectivity index (χ4v) is 0.997. The second-order valence-electron chi connectivity index (χ2n) is 2.36. The van der Waals surface area contributed by atoms with Crippen LogP contribution in [-0.4, -0.2) is 19.7 Å². The van der Waals surface area contributed by atoms with Crippen LogP contribution in [0.2, 0.25) is 0 Å². The molecule has 3 N–H and O–H groups in total. The molecule has 2 rings (SSSR count). The first-order chi connectivity index (χ1) is 6.42. The summed E-state index contributed by atoms with van der Waals surface area (Å²) in [4.78, 5) is 4.12. The van der Waals surface area contributed by atoms with Crippen LogP contribution in [-0.2, 0) is 0 Å². The zero-order chi connectivity index (χ0) is 9.10. The number of anilines is 1. The number of pyridine rings is 1. The van der Waals surface area contributed by atoms with Crippen LogP contribution >= 0.6 is 0 Å². The third kappa shape index (κ3) is 1.34. The van der Waals surface area contributed by atoms with Crippen molar-refractivity contribution < 1.29 is 0 Å². The van der Waals surface area contributed by atoms with E-state index in [1.54, 1.807) is 10.8 Å². The smallest absolute Gasteiger partial charge is 0.244 e. The Labute approximate surface area is 74.4 Å². The number of hydrogen-bond donors (Lipinski definition) is 2. The predicted molar refractivity (Wildman–Crippen MR) is 47.0 cm³/mol. The molecule has 0 aliphatic rings. The Morgan fingerprint density at radius 3 is 3.00 bits per heavy atom. The maximum absolute atomic E-state index is 5.23. The molecule has 2 heterocycles. The van der Waals surface area contributed by atoms with Crippen molar-refractivity contribution in [3.05, 3.63) is 30.7 Å². The van der Waals surface area contributed by atoms with Crippen LogP contribution in [0.15, 0.2) is 30.7 Å². The Hall–Kier alpha value is -1.95. The van der Waals surface area contributed by atoms with Gasteiger partial charge in [-0.1, -0.05) is 6.07 Å². The zero-order valence-corrected chi connectivity index (χ0v) is 6.75. The van der Waals surface area contributed by atoms with Crippen LogP contribution in [0.1, 0.15) is 0 Å². The maximum atomic E-state index is 5.23. The van der Waals surface area contributed by atoms with E-state index in [0.717, 1.165) is 5.82 Å². The molecule has 0 amide bonds. The maximum Gasteiger partial charge on any atom is 0.244 e. The summed E-state index contributed by atoms with van der Waals surface area (Å²) in [7, 11) is 0. The highest BCUT2D eigenvalue weighted by molar-refractivity contribution is 5.33. The van der Waals surface area contributed by atoms with Gasteiger partial charge in [-0.05, 0) is 12.1 Å². The van der Waals surface area contributed by atoms with Crippen molar-refractivity contribution >= 4 is 5.95 Å². The van der Waals surface area contributed by atoms with E-state index >= 15 is 0 Å². The first kappa shape index (κ1) is 7.69. The van der Waals surface area contributed by atoms with Crippen LogP contribution in [0.4, 0.5) is 5.95 Å². The number of nitrogens with zero attached hydrogens (tertiary/aromatic N) is 4. The molecule has 2 aromatic heterocycles. The lowest BCUT2D eigenvalue weighted by atomic mass is 10.5. The SMILES string of the molecule is NNc1nncn1-c1ccccn1. The summed E-state index contributed by atoms with van der Waals surface area (Å²) >= 11 is 0. The van der Waals surface area contributed by atoms with E-state index in [4.69, 9.17) is 5.84 Å². The quantitative estimate of drug-likeness (QED) is 0.495. The number of rotatable bonds is 2. The highest BCUT2D eigenvalue weighted by atomic mass is 15.4. The molecular formula is C7H8N6. The van der Waals surface area contributed by atoms with Gasteiger partial charge in [0.2, 0.25) is 5.95 Å². The van der Waals surface area contributed by atoms with Gasteiger partial charge in [-0.2, -0.15) is 0 Å². The molecule has 6 heteroatoms. The van der Waals surface area contributed by atoms with E-state index in [0.29, 0.717) is 5.95 Å². The third-order valence-corrected chi connectivity index (χ3v) is 1.57. The van der Waals surface area contributed by atoms with Crippen molar-refractivity contribution in [3.8, 4) is 5.82 Å². The standard InChI is InChI=1S/C7H8N6/c8-11-7-12-10-5-13(7)6-3-1-2-4-9-6/h1-5H,8H2,(H,11,12). The van der Waals surface area contributed by atoms with Crippen LogP contribution in [0.25, 0.3) is 5.82 Å². The molecule has 0 atom stereocenters. The monoisotopic (exact) mass is 176 g/mol. The molecule has 6 nitrogen and oxygen atoms in total. The van der Waals surface area contributed by atoms with E-state index in [9.17, 15) is 0 Å². The molecule has 2 aromatic rings. The minimum atomic E-state index is 0.457. The number of nitrogen functional groups attached to an aromatic ring is 1. The molecule has 0 aromatic carbocycles. The molecule has 0 aliphatic carbocycles. The summed E-state index contributed by atoms with van der Waals surface area (Å²) in [6.45, 7) is 0. The summed E-state index contributed by atoms with van der Waals surface area (Å²) in [6.07, 6.45) is 3.23. The fourth-order valence-electron chi connectivity index (χ4n) is 0.997. The summed E-state index contributed by atoms with van der Waals surface area (Å²) in [5.41, 5.74) is 2.42. The summed E-state index contributed by atoms with van der Waals surface area (Å²) in [5.74, 6) is 6.41. The Kier molecular flexibility index (Phi) is 1.89. The average Bonchev–Trinajstić information content (AvgIpc) is 2.67. The lowest BCUT2D eigenvalue weighted by Crippen LogP contribution is -2.12. The van der Waals surface area contributed by atoms with Gasteiger partial charge in [0.15, 0.2) is 0 Å². The van der Waals surface area contributed by atoms with Gasteiger partial charge in [-0.25, -0.2) is 10.8 Å². The zero-order valence-electron chi connectivity index (χ0n) is 6.75. The van der Waals surface area contributed by atoms with Crippen molar-refractivity contribution in [2.45, 2.75) is 0 Å². The lowest BCUT2D eigenvalue weighted by Gasteiger charge is -2.02. The fraction of sp³-hybridized carbons (Fsp3) is 0. The molecule has 0 spiro atoms. The Bertz CT molecular complexity index is 381. The molecule has 0 unspecified atom stereocenters.